The highest BCUT2D eigenvalue weighted by atomic mass is 16.5. The SMILES string of the molecule is CCCCCCCCCCCCCC[N+](C)(C)CC(=O)O[C@H]1CC[C@@]2(C)[C@@H](CC[C@@H]3[C@@H]2CC[C@]2(C)[C@@H]([C@H](C)CCCC(C)C)CC[C@@H]32)C1. The lowest BCUT2D eigenvalue weighted by Gasteiger charge is -2.61. The van der Waals surface area contributed by atoms with Gasteiger partial charge in [-0.25, -0.2) is 4.79 Å². The zero-order valence-electron chi connectivity index (χ0n) is 33.8. The maximum absolute atomic E-state index is 13.2. The van der Waals surface area contributed by atoms with E-state index in [1.165, 1.54) is 141 Å². The van der Waals surface area contributed by atoms with Gasteiger partial charge in [0.1, 0.15) is 6.10 Å². The number of likely N-dealkylation sites (N-methyl/N-ethyl adjacent to an activating group) is 1. The molecule has 0 radical (unpaired) electrons. The topological polar surface area (TPSA) is 26.3 Å². The van der Waals surface area contributed by atoms with Gasteiger partial charge in [-0.3, -0.25) is 0 Å². The molecule has 0 aromatic heterocycles. The summed E-state index contributed by atoms with van der Waals surface area (Å²) in [6, 6.07) is 0. The van der Waals surface area contributed by atoms with E-state index in [2.05, 4.69) is 55.6 Å². The summed E-state index contributed by atoms with van der Waals surface area (Å²) >= 11 is 0. The molecule has 0 bridgehead atoms. The Bertz CT molecular complexity index is 943. The number of nitrogens with zero attached hydrogens (tertiary/aromatic N) is 1. The lowest BCUT2D eigenvalue weighted by Crippen LogP contribution is -2.54. The van der Waals surface area contributed by atoms with E-state index in [0.29, 0.717) is 17.4 Å². The van der Waals surface area contributed by atoms with E-state index >= 15 is 0 Å². The van der Waals surface area contributed by atoms with E-state index in [1.54, 1.807) is 0 Å². The third kappa shape index (κ3) is 10.7. The van der Waals surface area contributed by atoms with E-state index < -0.39 is 0 Å². The molecule has 4 rings (SSSR count). The Balaban J connectivity index is 1.15. The first-order chi connectivity index (χ1) is 22.9. The molecule has 0 amide bonds. The van der Waals surface area contributed by atoms with E-state index in [4.69, 9.17) is 4.74 Å². The molecule has 0 N–H and O–H groups in total. The first-order valence-electron chi connectivity index (χ1n) is 21.9. The summed E-state index contributed by atoms with van der Waals surface area (Å²) in [5.74, 6) is 6.25. The Morgan fingerprint density at radius 1 is 0.708 bits per heavy atom. The molecular weight excluding hydrogens is 587 g/mol. The summed E-state index contributed by atoms with van der Waals surface area (Å²) in [7, 11) is 4.46. The van der Waals surface area contributed by atoms with Crippen molar-refractivity contribution in [2.24, 2.45) is 52.3 Å². The number of hydrogen-bond acceptors (Lipinski definition) is 2. The van der Waals surface area contributed by atoms with Gasteiger partial charge in [0.2, 0.25) is 0 Å². The number of fused-ring (bicyclic) bond motifs is 5. The molecule has 4 aliphatic carbocycles. The predicted molar refractivity (Wildman–Crippen MR) is 206 cm³/mol. The molecule has 0 aliphatic heterocycles. The Hall–Kier alpha value is -0.570. The highest BCUT2D eigenvalue weighted by Gasteiger charge is 2.60. The van der Waals surface area contributed by atoms with E-state index in [0.717, 1.165) is 65.3 Å². The van der Waals surface area contributed by atoms with Crippen LogP contribution in [0, 0.1) is 52.3 Å². The average molecular weight is 671 g/mol. The summed E-state index contributed by atoms with van der Waals surface area (Å²) in [6.07, 6.45) is 33.1. The number of carbonyl (C=O) groups is 1. The van der Waals surface area contributed by atoms with Crippen molar-refractivity contribution < 1.29 is 14.0 Å². The quantitative estimate of drug-likeness (QED) is 0.0690. The van der Waals surface area contributed by atoms with Crippen molar-refractivity contribution in [3.63, 3.8) is 0 Å². The lowest BCUT2D eigenvalue weighted by atomic mass is 9.44. The third-order valence-electron chi connectivity index (χ3n) is 15.3. The second-order valence-corrected chi connectivity index (χ2v) is 19.8. The molecule has 0 unspecified atom stereocenters. The summed E-state index contributed by atoms with van der Waals surface area (Å²) in [4.78, 5) is 13.2. The van der Waals surface area contributed by atoms with Crippen LogP contribution in [0.3, 0.4) is 0 Å². The minimum Gasteiger partial charge on any atom is -0.458 e. The second-order valence-electron chi connectivity index (χ2n) is 19.8. The van der Waals surface area contributed by atoms with Gasteiger partial charge in [0, 0.05) is 0 Å². The van der Waals surface area contributed by atoms with Gasteiger partial charge in [-0.1, -0.05) is 125 Å². The Kier molecular flexibility index (Phi) is 15.7. The van der Waals surface area contributed by atoms with Crippen LogP contribution in [0.25, 0.3) is 0 Å². The van der Waals surface area contributed by atoms with Gasteiger partial charge in [-0.05, 0) is 123 Å². The molecule has 4 fully saturated rings. The van der Waals surface area contributed by atoms with Crippen molar-refractivity contribution >= 4 is 5.97 Å². The fourth-order valence-electron chi connectivity index (χ4n) is 12.4. The van der Waals surface area contributed by atoms with Crippen LogP contribution in [0.5, 0.6) is 0 Å². The number of esters is 1. The lowest BCUT2D eigenvalue weighted by molar-refractivity contribution is -0.883. The zero-order valence-corrected chi connectivity index (χ0v) is 33.8. The van der Waals surface area contributed by atoms with Crippen molar-refractivity contribution in [2.75, 3.05) is 27.2 Å². The Morgan fingerprint density at radius 3 is 1.96 bits per heavy atom. The van der Waals surface area contributed by atoms with Gasteiger partial charge in [-0.15, -0.1) is 0 Å². The van der Waals surface area contributed by atoms with E-state index in [-0.39, 0.29) is 12.1 Å². The van der Waals surface area contributed by atoms with Crippen LogP contribution in [-0.2, 0) is 9.53 Å². The normalized spacial score (nSPS) is 34.0. The minimum absolute atomic E-state index is 0.0502. The zero-order chi connectivity index (χ0) is 34.8. The molecule has 0 heterocycles. The van der Waals surface area contributed by atoms with Gasteiger partial charge in [0.15, 0.2) is 6.54 Å². The number of unbranched alkanes of at least 4 members (excludes halogenated alkanes) is 11. The molecule has 9 atom stereocenters. The number of hydrogen-bond donors (Lipinski definition) is 0. The first kappa shape index (κ1) is 40.2. The van der Waals surface area contributed by atoms with Crippen LogP contribution in [-0.4, -0.2) is 43.7 Å². The molecule has 0 aromatic carbocycles. The molecule has 4 saturated carbocycles. The Labute approximate surface area is 300 Å². The van der Waals surface area contributed by atoms with Crippen molar-refractivity contribution in [3.8, 4) is 0 Å². The van der Waals surface area contributed by atoms with Gasteiger partial charge in [0.05, 0.1) is 20.6 Å². The summed E-state index contributed by atoms with van der Waals surface area (Å²) in [5, 5.41) is 0. The van der Waals surface area contributed by atoms with Crippen LogP contribution < -0.4 is 0 Å². The van der Waals surface area contributed by atoms with Gasteiger partial charge in [0.25, 0.3) is 0 Å². The molecule has 280 valence electrons. The highest BCUT2D eigenvalue weighted by molar-refractivity contribution is 5.70. The largest absolute Gasteiger partial charge is 0.458 e. The first-order valence-corrected chi connectivity index (χ1v) is 21.9. The van der Waals surface area contributed by atoms with Crippen LogP contribution >= 0.6 is 0 Å². The predicted octanol–water partition coefficient (Wildman–Crippen LogP) is 12.8. The van der Waals surface area contributed by atoms with Crippen LogP contribution in [0.2, 0.25) is 0 Å². The molecular formula is C45H84NO2+. The molecule has 0 saturated heterocycles. The van der Waals surface area contributed by atoms with Gasteiger partial charge < -0.3 is 9.22 Å². The Morgan fingerprint density at radius 2 is 1.31 bits per heavy atom. The second kappa shape index (κ2) is 18.8. The molecule has 4 aliphatic rings. The van der Waals surface area contributed by atoms with Crippen molar-refractivity contribution in [2.45, 2.75) is 202 Å². The van der Waals surface area contributed by atoms with Crippen molar-refractivity contribution in [1.82, 2.24) is 0 Å². The number of rotatable bonds is 21. The third-order valence-corrected chi connectivity index (χ3v) is 15.3. The maximum atomic E-state index is 13.2. The van der Waals surface area contributed by atoms with Crippen LogP contribution in [0.4, 0.5) is 0 Å². The minimum atomic E-state index is 0.0502. The number of carbonyl (C=O) groups excluding carboxylic acids is 1. The van der Waals surface area contributed by atoms with Gasteiger partial charge >= 0.3 is 5.97 Å². The monoisotopic (exact) mass is 671 g/mol. The average Bonchev–Trinajstić information content (AvgIpc) is 3.38. The highest BCUT2D eigenvalue weighted by Crippen LogP contribution is 2.68. The fraction of sp³-hybridized carbons (Fsp3) is 0.978. The van der Waals surface area contributed by atoms with Crippen LogP contribution in [0.1, 0.15) is 196 Å². The summed E-state index contributed by atoms with van der Waals surface area (Å²) in [6.45, 7) is 16.7. The fourth-order valence-corrected chi connectivity index (χ4v) is 12.4. The standard InChI is InChI=1S/C45H84NO2/c1-9-10-11-12-13-14-15-16-17-18-19-20-32-46(7,8)34-43(47)48-38-28-30-44(5)37(33-38)24-25-39-41-27-26-40(36(4)23-21-22-35(2)3)45(41,6)31-29-42(39)44/h35-42H,9-34H2,1-8H3/q+1/t36-,37+,38+,39+,40-,41+,42+,44+,45-/m1/s1. The molecule has 3 nitrogen and oxygen atoms in total. The van der Waals surface area contributed by atoms with Crippen molar-refractivity contribution in [1.29, 1.82) is 0 Å². The summed E-state index contributed by atoms with van der Waals surface area (Å²) in [5.41, 5.74) is 1.03. The molecule has 3 heteroatoms. The summed E-state index contributed by atoms with van der Waals surface area (Å²) < 4.78 is 7.06. The molecule has 48 heavy (non-hydrogen) atoms. The molecule has 0 aromatic rings. The van der Waals surface area contributed by atoms with Crippen molar-refractivity contribution in [3.05, 3.63) is 0 Å². The van der Waals surface area contributed by atoms with E-state index in [1.807, 2.05) is 0 Å². The van der Waals surface area contributed by atoms with E-state index in [9.17, 15) is 4.79 Å². The maximum Gasteiger partial charge on any atom is 0.362 e. The van der Waals surface area contributed by atoms with Crippen LogP contribution in [0.15, 0.2) is 0 Å². The van der Waals surface area contributed by atoms with Gasteiger partial charge in [-0.2, -0.15) is 0 Å². The smallest absolute Gasteiger partial charge is 0.362 e. The number of quaternary nitrogens is 1. The number of ether oxygens (including phenoxy) is 1. The molecule has 0 spiro atoms.